The molecule has 0 unspecified atom stereocenters. The summed E-state index contributed by atoms with van der Waals surface area (Å²) in [6.07, 6.45) is 10.2. The first-order chi connectivity index (χ1) is 21.0. The minimum absolute atomic E-state index is 0.0206. The standard InChI is InChI=1S/C19H29BrO4.C18H15P/c1-14-15(12-10-8-6-4-5-7-9-11-13-20)17(22)19(24-3)18(23-2)16(14)21;1-4-10-16(11-5-1)19(17-12-6-2-7-13-17)18-14-8-3-9-15-18/h4-13H2,1-3H3;1-15H. The van der Waals surface area contributed by atoms with Crippen LogP contribution in [0, 0.1) is 0 Å². The van der Waals surface area contributed by atoms with Crippen molar-refractivity contribution in [2.75, 3.05) is 19.5 Å². The molecule has 0 saturated carbocycles. The SMILES string of the molecule is COC1=C(OC)C(=O)C(CCCCCCCCCCBr)=C(C)C1=O.c1ccc(P(c2ccccc2)c2ccccc2)cc1. The van der Waals surface area contributed by atoms with Gasteiger partial charge in [-0.25, -0.2) is 0 Å². The summed E-state index contributed by atoms with van der Waals surface area (Å²) in [4.78, 5) is 24.7. The molecule has 0 radical (unpaired) electrons. The molecule has 0 N–H and O–H groups in total. The quantitative estimate of drug-likeness (QED) is 0.0711. The number of halogens is 1. The summed E-state index contributed by atoms with van der Waals surface area (Å²) in [5.74, 6) is -0.390. The smallest absolute Gasteiger partial charge is 0.228 e. The Bertz CT molecular complexity index is 1240. The number of carbonyl (C=O) groups is 2. The molecule has 4 rings (SSSR count). The number of rotatable bonds is 15. The van der Waals surface area contributed by atoms with E-state index >= 15 is 0 Å². The topological polar surface area (TPSA) is 52.6 Å². The number of ketones is 2. The van der Waals surface area contributed by atoms with Gasteiger partial charge in [0.2, 0.25) is 23.1 Å². The lowest BCUT2D eigenvalue weighted by Gasteiger charge is -2.20. The zero-order valence-electron chi connectivity index (χ0n) is 25.7. The molecule has 228 valence electrons. The molecule has 43 heavy (non-hydrogen) atoms. The van der Waals surface area contributed by atoms with Crippen LogP contribution < -0.4 is 15.9 Å². The van der Waals surface area contributed by atoms with Crippen molar-refractivity contribution in [3.05, 3.63) is 114 Å². The molecule has 6 heteroatoms. The van der Waals surface area contributed by atoms with E-state index in [4.69, 9.17) is 9.47 Å². The maximum Gasteiger partial charge on any atom is 0.228 e. The van der Waals surface area contributed by atoms with Gasteiger partial charge in [0.05, 0.1) is 14.2 Å². The molecule has 0 atom stereocenters. The molecule has 0 aromatic heterocycles. The number of hydrogen-bond acceptors (Lipinski definition) is 4. The van der Waals surface area contributed by atoms with E-state index in [1.54, 1.807) is 6.92 Å². The number of benzene rings is 3. The minimum Gasteiger partial charge on any atom is -0.489 e. The first-order valence-electron chi connectivity index (χ1n) is 15.2. The number of unbranched alkanes of at least 4 members (excludes halogenated alkanes) is 7. The number of methoxy groups -OCH3 is 2. The Morgan fingerprint density at radius 2 is 0.930 bits per heavy atom. The van der Waals surface area contributed by atoms with Crippen LogP contribution in [-0.4, -0.2) is 31.1 Å². The second-order valence-corrected chi connectivity index (χ2v) is 13.5. The van der Waals surface area contributed by atoms with E-state index < -0.39 is 7.92 Å². The van der Waals surface area contributed by atoms with Crippen LogP contribution in [0.1, 0.15) is 64.7 Å². The highest BCUT2D eigenvalue weighted by atomic mass is 79.9. The Kier molecular flexibility index (Phi) is 15.5. The van der Waals surface area contributed by atoms with Crippen molar-refractivity contribution in [1.82, 2.24) is 0 Å². The number of hydrogen-bond donors (Lipinski definition) is 0. The minimum atomic E-state index is -0.446. The number of Topliss-reactive ketones (excluding diaryl/α,β-unsaturated/α-hetero) is 2. The van der Waals surface area contributed by atoms with Crippen LogP contribution in [0.4, 0.5) is 0 Å². The van der Waals surface area contributed by atoms with Crippen molar-refractivity contribution in [3.8, 4) is 0 Å². The lowest BCUT2D eigenvalue weighted by molar-refractivity contribution is -0.121. The van der Waals surface area contributed by atoms with Gasteiger partial charge in [-0.3, -0.25) is 9.59 Å². The van der Waals surface area contributed by atoms with E-state index in [0.29, 0.717) is 17.6 Å². The average Bonchev–Trinajstić information content (AvgIpc) is 3.05. The summed E-state index contributed by atoms with van der Waals surface area (Å²) in [6.45, 7) is 1.70. The van der Waals surface area contributed by atoms with Gasteiger partial charge >= 0.3 is 0 Å². The molecule has 3 aromatic rings. The normalized spacial score (nSPS) is 13.2. The molecule has 0 bridgehead atoms. The highest BCUT2D eigenvalue weighted by Gasteiger charge is 2.34. The van der Waals surface area contributed by atoms with Crippen LogP contribution in [0.5, 0.6) is 0 Å². The molecule has 0 spiro atoms. The van der Waals surface area contributed by atoms with Gasteiger partial charge in [-0.1, -0.05) is 145 Å². The van der Waals surface area contributed by atoms with Crippen molar-refractivity contribution in [1.29, 1.82) is 0 Å². The number of allylic oxidation sites excluding steroid dienone is 2. The van der Waals surface area contributed by atoms with Gasteiger partial charge in [-0.2, -0.15) is 0 Å². The van der Waals surface area contributed by atoms with Crippen LogP contribution in [-0.2, 0) is 19.1 Å². The summed E-state index contributed by atoms with van der Waals surface area (Å²) in [7, 11) is 2.33. The number of carbonyl (C=O) groups excluding carboxylic acids is 2. The maximum absolute atomic E-state index is 12.5. The summed E-state index contributed by atoms with van der Waals surface area (Å²) in [5.41, 5.74) is 1.07. The predicted molar refractivity (Wildman–Crippen MR) is 184 cm³/mol. The molecule has 1 aliphatic rings. The van der Waals surface area contributed by atoms with E-state index in [9.17, 15) is 9.59 Å². The lowest BCUT2D eigenvalue weighted by atomic mass is 9.89. The summed E-state index contributed by atoms with van der Waals surface area (Å²) in [5, 5.41) is 5.29. The third-order valence-electron chi connectivity index (χ3n) is 7.45. The van der Waals surface area contributed by atoms with Gasteiger partial charge in [-0.05, 0) is 50.0 Å². The largest absolute Gasteiger partial charge is 0.489 e. The van der Waals surface area contributed by atoms with Gasteiger partial charge in [0.15, 0.2) is 0 Å². The summed E-state index contributed by atoms with van der Waals surface area (Å²) >= 11 is 3.45. The fourth-order valence-electron chi connectivity index (χ4n) is 5.13. The fourth-order valence-corrected chi connectivity index (χ4v) is 7.83. The van der Waals surface area contributed by atoms with E-state index in [0.717, 1.165) is 18.2 Å². The predicted octanol–water partition coefficient (Wildman–Crippen LogP) is 8.31. The zero-order valence-corrected chi connectivity index (χ0v) is 28.2. The second-order valence-electron chi connectivity index (χ2n) is 10.4. The Morgan fingerprint density at radius 1 is 0.558 bits per heavy atom. The molecule has 4 nitrogen and oxygen atoms in total. The number of alkyl halides is 1. The maximum atomic E-state index is 12.5. The summed E-state index contributed by atoms with van der Waals surface area (Å²) < 4.78 is 10.1. The van der Waals surface area contributed by atoms with Gasteiger partial charge in [0.1, 0.15) is 0 Å². The van der Waals surface area contributed by atoms with Crippen molar-refractivity contribution in [2.24, 2.45) is 0 Å². The van der Waals surface area contributed by atoms with E-state index in [1.807, 2.05) is 0 Å². The Labute approximate surface area is 267 Å². The van der Waals surface area contributed by atoms with Crippen LogP contribution in [0.2, 0.25) is 0 Å². The van der Waals surface area contributed by atoms with Crippen LogP contribution in [0.3, 0.4) is 0 Å². The molecule has 0 aliphatic heterocycles. The molecule has 0 fully saturated rings. The molecule has 0 amide bonds. The monoisotopic (exact) mass is 662 g/mol. The summed E-state index contributed by atoms with van der Waals surface area (Å²) in [6, 6.07) is 32.3. The van der Waals surface area contributed by atoms with E-state index in [2.05, 4.69) is 107 Å². The molecular weight excluding hydrogens is 619 g/mol. The van der Waals surface area contributed by atoms with Crippen molar-refractivity contribution >= 4 is 51.3 Å². The van der Waals surface area contributed by atoms with Gasteiger partial charge in [0.25, 0.3) is 0 Å². The molecule has 3 aromatic carbocycles. The van der Waals surface area contributed by atoms with Crippen LogP contribution >= 0.6 is 23.9 Å². The Balaban J connectivity index is 0.000000241. The Morgan fingerprint density at radius 3 is 1.33 bits per heavy atom. The molecule has 0 heterocycles. The van der Waals surface area contributed by atoms with E-state index in [1.165, 1.54) is 68.7 Å². The highest BCUT2D eigenvalue weighted by Crippen LogP contribution is 2.32. The van der Waals surface area contributed by atoms with Gasteiger partial charge in [0, 0.05) is 16.5 Å². The number of ether oxygens (including phenoxy) is 2. The third-order valence-corrected chi connectivity index (χ3v) is 10.5. The molecular formula is C37H44BrO4P. The van der Waals surface area contributed by atoms with Crippen LogP contribution in [0.15, 0.2) is 114 Å². The Hall–Kier alpha value is -3.01. The van der Waals surface area contributed by atoms with Crippen molar-refractivity contribution < 1.29 is 19.1 Å². The van der Waals surface area contributed by atoms with Crippen molar-refractivity contribution in [3.63, 3.8) is 0 Å². The third kappa shape index (κ3) is 10.3. The lowest BCUT2D eigenvalue weighted by Crippen LogP contribution is -2.25. The second kappa shape index (κ2) is 19.3. The average molecular weight is 664 g/mol. The molecule has 1 aliphatic carbocycles. The van der Waals surface area contributed by atoms with Crippen molar-refractivity contribution in [2.45, 2.75) is 64.7 Å². The highest BCUT2D eigenvalue weighted by molar-refractivity contribution is 9.09. The fraction of sp³-hybridized carbons (Fsp3) is 0.351. The first-order valence-corrected chi connectivity index (χ1v) is 17.6. The van der Waals surface area contributed by atoms with Crippen LogP contribution in [0.25, 0.3) is 0 Å². The van der Waals surface area contributed by atoms with E-state index in [-0.39, 0.29) is 23.1 Å². The van der Waals surface area contributed by atoms with Gasteiger partial charge < -0.3 is 9.47 Å². The zero-order chi connectivity index (χ0) is 30.9. The molecule has 0 saturated heterocycles. The van der Waals surface area contributed by atoms with Gasteiger partial charge in [-0.15, -0.1) is 0 Å². The first kappa shape index (κ1) is 34.5.